The second-order valence-corrected chi connectivity index (χ2v) is 2.45. The molecule has 0 aliphatic rings. The van der Waals surface area contributed by atoms with Crippen LogP contribution in [0.2, 0.25) is 0 Å². The van der Waals surface area contributed by atoms with E-state index in [4.69, 9.17) is 15.0 Å². The quantitative estimate of drug-likeness (QED) is 0.296. The Morgan fingerprint density at radius 2 is 2.54 bits per heavy atom. The van der Waals surface area contributed by atoms with Crippen LogP contribution in [0.15, 0.2) is 22.8 Å². The Morgan fingerprint density at radius 1 is 1.69 bits per heavy atom. The zero-order valence-corrected chi connectivity index (χ0v) is 7.16. The number of carbonyl (C=O) groups is 1. The molecule has 0 fully saturated rings. The number of carbonyl (C=O) groups excluding carboxylic acids is 1. The highest BCUT2D eigenvalue weighted by Crippen LogP contribution is 2.01. The molecule has 3 N–H and O–H groups in total. The standard InChI is InChI=1S/C8H12N2O3/c9-10-8(11)3-5-12-6-7-2-1-4-13-7/h1-2,4H,3,5-6,9H2,(H,10,11). The highest BCUT2D eigenvalue weighted by molar-refractivity contribution is 5.75. The zero-order chi connectivity index (χ0) is 9.52. The Labute approximate surface area is 75.8 Å². The van der Waals surface area contributed by atoms with Gasteiger partial charge in [-0.25, -0.2) is 5.84 Å². The minimum absolute atomic E-state index is 0.237. The van der Waals surface area contributed by atoms with Crippen LogP contribution in [0.1, 0.15) is 12.2 Å². The van der Waals surface area contributed by atoms with Gasteiger partial charge in [0.1, 0.15) is 12.4 Å². The Hall–Kier alpha value is -1.33. The Bertz CT molecular complexity index is 246. The van der Waals surface area contributed by atoms with Crippen molar-refractivity contribution >= 4 is 5.91 Å². The van der Waals surface area contributed by atoms with Crippen molar-refractivity contribution in [1.29, 1.82) is 0 Å². The van der Waals surface area contributed by atoms with Crippen molar-refractivity contribution in [2.75, 3.05) is 6.61 Å². The molecule has 5 nitrogen and oxygen atoms in total. The lowest BCUT2D eigenvalue weighted by Crippen LogP contribution is -2.30. The topological polar surface area (TPSA) is 77.5 Å². The largest absolute Gasteiger partial charge is 0.467 e. The molecule has 1 aromatic heterocycles. The third-order valence-electron chi connectivity index (χ3n) is 1.46. The lowest BCUT2D eigenvalue weighted by atomic mass is 10.4. The summed E-state index contributed by atoms with van der Waals surface area (Å²) < 4.78 is 10.2. The average Bonchev–Trinajstić information content (AvgIpc) is 2.64. The average molecular weight is 184 g/mol. The van der Waals surface area contributed by atoms with Gasteiger partial charge in [-0.1, -0.05) is 0 Å². The molecular weight excluding hydrogens is 172 g/mol. The lowest BCUT2D eigenvalue weighted by Gasteiger charge is -2.00. The maximum absolute atomic E-state index is 10.6. The molecule has 13 heavy (non-hydrogen) atoms. The minimum Gasteiger partial charge on any atom is -0.467 e. The van der Waals surface area contributed by atoms with Gasteiger partial charge in [-0.2, -0.15) is 0 Å². The third kappa shape index (κ3) is 3.73. The number of hydrazine groups is 1. The molecular formula is C8H12N2O3. The Morgan fingerprint density at radius 3 is 3.15 bits per heavy atom. The Kier molecular flexibility index (Phi) is 4.01. The van der Waals surface area contributed by atoms with Gasteiger partial charge < -0.3 is 9.15 Å². The van der Waals surface area contributed by atoms with Crippen molar-refractivity contribution in [2.24, 2.45) is 5.84 Å². The number of nitrogens with one attached hydrogen (secondary N) is 1. The van der Waals surface area contributed by atoms with Crippen LogP contribution in [-0.2, 0) is 16.1 Å². The summed E-state index contributed by atoms with van der Waals surface area (Å²) in [6, 6.07) is 3.59. The maximum atomic E-state index is 10.6. The number of nitrogens with two attached hydrogens (primary N) is 1. The summed E-state index contributed by atoms with van der Waals surface area (Å²) in [5.41, 5.74) is 2.02. The van der Waals surface area contributed by atoms with E-state index in [-0.39, 0.29) is 12.3 Å². The first-order chi connectivity index (χ1) is 6.33. The summed E-state index contributed by atoms with van der Waals surface area (Å²) in [7, 11) is 0. The van der Waals surface area contributed by atoms with Gasteiger partial charge in [0, 0.05) is 0 Å². The predicted octanol–water partition coefficient (Wildman–Crippen LogP) is 0.176. The van der Waals surface area contributed by atoms with Crippen molar-refractivity contribution in [1.82, 2.24) is 5.43 Å². The number of ether oxygens (including phenoxy) is 1. The molecule has 0 radical (unpaired) electrons. The Balaban J connectivity index is 2.05. The number of rotatable bonds is 5. The number of hydrogen-bond acceptors (Lipinski definition) is 4. The van der Waals surface area contributed by atoms with Gasteiger partial charge in [-0.05, 0) is 12.1 Å². The fourth-order valence-electron chi connectivity index (χ4n) is 0.805. The van der Waals surface area contributed by atoms with Crippen LogP contribution in [0.25, 0.3) is 0 Å². The van der Waals surface area contributed by atoms with Gasteiger partial charge in [0.15, 0.2) is 0 Å². The van der Waals surface area contributed by atoms with E-state index in [0.717, 1.165) is 5.76 Å². The zero-order valence-electron chi connectivity index (χ0n) is 7.16. The van der Waals surface area contributed by atoms with E-state index in [9.17, 15) is 4.79 Å². The maximum Gasteiger partial charge on any atom is 0.236 e. The van der Waals surface area contributed by atoms with Crippen molar-refractivity contribution in [2.45, 2.75) is 13.0 Å². The molecule has 0 atom stereocenters. The smallest absolute Gasteiger partial charge is 0.236 e. The van der Waals surface area contributed by atoms with Gasteiger partial charge in [0.25, 0.3) is 0 Å². The fraction of sp³-hybridized carbons (Fsp3) is 0.375. The molecule has 1 amide bonds. The first-order valence-corrected chi connectivity index (χ1v) is 3.92. The number of amides is 1. The molecule has 0 bridgehead atoms. The summed E-state index contributed by atoms with van der Waals surface area (Å²) in [5.74, 6) is 5.38. The highest BCUT2D eigenvalue weighted by atomic mass is 16.5. The van der Waals surface area contributed by atoms with E-state index in [2.05, 4.69) is 0 Å². The van der Waals surface area contributed by atoms with E-state index >= 15 is 0 Å². The number of hydrogen-bond donors (Lipinski definition) is 2. The first kappa shape index (κ1) is 9.76. The second-order valence-electron chi connectivity index (χ2n) is 2.45. The molecule has 0 aliphatic carbocycles. The summed E-state index contributed by atoms with van der Waals surface area (Å²) in [6.45, 7) is 0.717. The molecule has 0 aliphatic heterocycles. The lowest BCUT2D eigenvalue weighted by molar-refractivity contribution is -0.122. The highest BCUT2D eigenvalue weighted by Gasteiger charge is 1.99. The molecule has 1 rings (SSSR count). The summed E-state index contributed by atoms with van der Waals surface area (Å²) >= 11 is 0. The molecule has 72 valence electrons. The van der Waals surface area contributed by atoms with Crippen molar-refractivity contribution in [3.63, 3.8) is 0 Å². The molecule has 0 spiro atoms. The van der Waals surface area contributed by atoms with Crippen LogP contribution in [-0.4, -0.2) is 12.5 Å². The van der Waals surface area contributed by atoms with Gasteiger partial charge in [-0.15, -0.1) is 0 Å². The molecule has 1 heterocycles. The van der Waals surface area contributed by atoms with Gasteiger partial charge >= 0.3 is 0 Å². The monoisotopic (exact) mass is 184 g/mol. The molecule has 0 aromatic carbocycles. The predicted molar refractivity (Wildman–Crippen MR) is 45.3 cm³/mol. The van der Waals surface area contributed by atoms with Crippen LogP contribution < -0.4 is 11.3 Å². The van der Waals surface area contributed by atoms with Gasteiger partial charge in [0.05, 0.1) is 19.3 Å². The summed E-state index contributed by atoms with van der Waals surface area (Å²) in [5, 5.41) is 0. The van der Waals surface area contributed by atoms with E-state index in [1.54, 1.807) is 12.3 Å². The van der Waals surface area contributed by atoms with E-state index < -0.39 is 0 Å². The van der Waals surface area contributed by atoms with Crippen molar-refractivity contribution < 1.29 is 13.9 Å². The van der Waals surface area contributed by atoms with Crippen LogP contribution >= 0.6 is 0 Å². The second kappa shape index (κ2) is 5.34. The SMILES string of the molecule is NNC(=O)CCOCc1ccco1. The number of furan rings is 1. The van der Waals surface area contributed by atoms with Crippen LogP contribution in [0, 0.1) is 0 Å². The normalized spacial score (nSPS) is 9.92. The van der Waals surface area contributed by atoms with Gasteiger partial charge in [0.2, 0.25) is 5.91 Å². The third-order valence-corrected chi connectivity index (χ3v) is 1.46. The van der Waals surface area contributed by atoms with Crippen LogP contribution in [0.4, 0.5) is 0 Å². The summed E-state index contributed by atoms with van der Waals surface area (Å²) in [6.07, 6.45) is 1.84. The molecule has 1 aromatic rings. The minimum atomic E-state index is -0.237. The van der Waals surface area contributed by atoms with Crippen molar-refractivity contribution in [3.05, 3.63) is 24.2 Å². The van der Waals surface area contributed by atoms with E-state index in [1.807, 2.05) is 11.5 Å². The van der Waals surface area contributed by atoms with Crippen molar-refractivity contribution in [3.8, 4) is 0 Å². The van der Waals surface area contributed by atoms with E-state index in [1.165, 1.54) is 0 Å². The first-order valence-electron chi connectivity index (χ1n) is 3.92. The molecule has 5 heteroatoms. The van der Waals surface area contributed by atoms with Crippen LogP contribution in [0.5, 0.6) is 0 Å². The summed E-state index contributed by atoms with van der Waals surface area (Å²) in [4.78, 5) is 10.6. The van der Waals surface area contributed by atoms with Gasteiger partial charge in [-0.3, -0.25) is 10.2 Å². The fourth-order valence-corrected chi connectivity index (χ4v) is 0.805. The van der Waals surface area contributed by atoms with Crippen LogP contribution in [0.3, 0.4) is 0 Å². The molecule has 0 unspecified atom stereocenters. The van der Waals surface area contributed by atoms with E-state index in [0.29, 0.717) is 13.2 Å². The molecule has 0 saturated carbocycles. The molecule has 0 saturated heterocycles.